The second-order valence-corrected chi connectivity index (χ2v) is 5.13. The van der Waals surface area contributed by atoms with Gasteiger partial charge < -0.3 is 9.64 Å². The molecular formula is C16H15FN2O3. The van der Waals surface area contributed by atoms with Crippen LogP contribution in [0.2, 0.25) is 0 Å². The van der Waals surface area contributed by atoms with Crippen molar-refractivity contribution in [1.29, 1.82) is 0 Å². The van der Waals surface area contributed by atoms with Gasteiger partial charge in [0.25, 0.3) is 0 Å². The molecule has 0 fully saturated rings. The van der Waals surface area contributed by atoms with Crippen molar-refractivity contribution in [2.75, 3.05) is 18.6 Å². The van der Waals surface area contributed by atoms with Crippen LogP contribution in [-0.2, 0) is 13.0 Å². The molecular weight excluding hydrogens is 287 g/mol. The van der Waals surface area contributed by atoms with Gasteiger partial charge in [-0.3, -0.25) is 10.1 Å². The van der Waals surface area contributed by atoms with E-state index in [1.165, 1.54) is 6.07 Å². The minimum absolute atomic E-state index is 0.318. The molecule has 1 heterocycles. The number of benzene rings is 2. The second kappa shape index (κ2) is 5.63. The molecule has 0 unspecified atom stereocenters. The van der Waals surface area contributed by atoms with Gasteiger partial charge >= 0.3 is 5.69 Å². The van der Waals surface area contributed by atoms with Gasteiger partial charge in [0.2, 0.25) is 5.82 Å². The number of ether oxygens (including phenoxy) is 1. The Hall–Kier alpha value is -2.63. The highest BCUT2D eigenvalue weighted by Gasteiger charge is 2.27. The highest BCUT2D eigenvalue weighted by Crippen LogP contribution is 2.35. The number of hydrogen-bond donors (Lipinski definition) is 0. The van der Waals surface area contributed by atoms with Crippen LogP contribution < -0.4 is 9.64 Å². The SMILES string of the molecule is COc1cccc2c1CCN(c1cccc(F)c1[N+](=O)[O-])C2. The van der Waals surface area contributed by atoms with Gasteiger partial charge in [-0.25, -0.2) is 0 Å². The molecule has 5 nitrogen and oxygen atoms in total. The molecule has 0 atom stereocenters. The summed E-state index contributed by atoms with van der Waals surface area (Å²) in [5.41, 5.74) is 2.01. The third-order valence-corrected chi connectivity index (χ3v) is 3.93. The standard InChI is InChI=1S/C16H15FN2O3/c1-22-15-7-2-4-11-10-18(9-8-12(11)15)14-6-3-5-13(17)16(14)19(20)21/h2-7H,8-10H2,1H3. The van der Waals surface area contributed by atoms with E-state index < -0.39 is 16.4 Å². The lowest BCUT2D eigenvalue weighted by Gasteiger charge is -2.31. The molecule has 0 saturated carbocycles. The summed E-state index contributed by atoms with van der Waals surface area (Å²) >= 11 is 0. The van der Waals surface area contributed by atoms with Crippen LogP contribution in [0.5, 0.6) is 5.75 Å². The summed E-state index contributed by atoms with van der Waals surface area (Å²) in [6.07, 6.45) is 0.701. The normalized spacial score (nSPS) is 13.6. The van der Waals surface area contributed by atoms with Crippen molar-refractivity contribution in [3.63, 3.8) is 0 Å². The van der Waals surface area contributed by atoms with E-state index in [0.717, 1.165) is 22.9 Å². The first-order chi connectivity index (χ1) is 10.6. The molecule has 0 bridgehead atoms. The van der Waals surface area contributed by atoms with Crippen LogP contribution in [0.25, 0.3) is 0 Å². The largest absolute Gasteiger partial charge is 0.496 e. The third kappa shape index (κ3) is 2.36. The summed E-state index contributed by atoms with van der Waals surface area (Å²) < 4.78 is 19.1. The van der Waals surface area contributed by atoms with Crippen LogP contribution in [0.15, 0.2) is 36.4 Å². The predicted molar refractivity (Wildman–Crippen MR) is 80.8 cm³/mol. The first kappa shape index (κ1) is 14.3. The molecule has 0 aromatic heterocycles. The summed E-state index contributed by atoms with van der Waals surface area (Å²) in [5.74, 6) is 0.0184. The maximum Gasteiger partial charge on any atom is 0.327 e. The van der Waals surface area contributed by atoms with E-state index in [-0.39, 0.29) is 0 Å². The average Bonchev–Trinajstić information content (AvgIpc) is 2.53. The number of para-hydroxylation sites is 1. The van der Waals surface area contributed by atoms with Crippen molar-refractivity contribution in [3.05, 3.63) is 63.5 Å². The number of fused-ring (bicyclic) bond motifs is 1. The van der Waals surface area contributed by atoms with Gasteiger partial charge in [0.05, 0.1) is 12.0 Å². The zero-order valence-corrected chi connectivity index (χ0v) is 12.1. The van der Waals surface area contributed by atoms with Crippen LogP contribution in [0.1, 0.15) is 11.1 Å². The van der Waals surface area contributed by atoms with Crippen molar-refractivity contribution < 1.29 is 14.1 Å². The molecule has 0 spiro atoms. The molecule has 6 heteroatoms. The highest BCUT2D eigenvalue weighted by atomic mass is 19.1. The van der Waals surface area contributed by atoms with Gasteiger partial charge in [-0.15, -0.1) is 0 Å². The van der Waals surface area contributed by atoms with Crippen molar-refractivity contribution in [3.8, 4) is 5.75 Å². The number of rotatable bonds is 3. The van der Waals surface area contributed by atoms with E-state index in [4.69, 9.17) is 4.74 Å². The lowest BCUT2D eigenvalue weighted by molar-refractivity contribution is -0.386. The summed E-state index contributed by atoms with van der Waals surface area (Å²) in [6, 6.07) is 9.96. The number of nitro benzene ring substituents is 1. The fourth-order valence-electron chi connectivity index (χ4n) is 2.91. The minimum atomic E-state index is -0.807. The molecule has 0 saturated heterocycles. The molecule has 1 aliphatic heterocycles. The number of methoxy groups -OCH3 is 1. The smallest absolute Gasteiger partial charge is 0.327 e. The van der Waals surface area contributed by atoms with Gasteiger partial charge in [0.1, 0.15) is 11.4 Å². The molecule has 114 valence electrons. The summed E-state index contributed by atoms with van der Waals surface area (Å²) in [6.45, 7) is 1.08. The fourth-order valence-corrected chi connectivity index (χ4v) is 2.91. The van der Waals surface area contributed by atoms with E-state index in [9.17, 15) is 14.5 Å². The summed E-state index contributed by atoms with van der Waals surface area (Å²) in [4.78, 5) is 12.3. The van der Waals surface area contributed by atoms with Gasteiger partial charge in [-0.2, -0.15) is 4.39 Å². The van der Waals surface area contributed by atoms with Gasteiger partial charge in [-0.05, 0) is 30.2 Å². The highest BCUT2D eigenvalue weighted by molar-refractivity contribution is 5.65. The van der Waals surface area contributed by atoms with E-state index >= 15 is 0 Å². The molecule has 22 heavy (non-hydrogen) atoms. The average molecular weight is 302 g/mol. The van der Waals surface area contributed by atoms with Gasteiger partial charge in [-0.1, -0.05) is 18.2 Å². The molecule has 0 aliphatic carbocycles. The van der Waals surface area contributed by atoms with Gasteiger partial charge in [0.15, 0.2) is 0 Å². The number of hydrogen-bond acceptors (Lipinski definition) is 4. The van der Waals surface area contributed by atoms with Crippen molar-refractivity contribution in [1.82, 2.24) is 0 Å². The Bertz CT molecular complexity index is 733. The Morgan fingerprint density at radius 1 is 1.27 bits per heavy atom. The monoisotopic (exact) mass is 302 g/mol. The Morgan fingerprint density at radius 2 is 2.05 bits per heavy atom. The lowest BCUT2D eigenvalue weighted by atomic mass is 9.98. The van der Waals surface area contributed by atoms with Crippen molar-refractivity contribution in [2.45, 2.75) is 13.0 Å². The minimum Gasteiger partial charge on any atom is -0.496 e. The van der Waals surface area contributed by atoms with E-state index in [0.29, 0.717) is 25.2 Å². The lowest BCUT2D eigenvalue weighted by Crippen LogP contribution is -2.31. The van der Waals surface area contributed by atoms with Crippen LogP contribution in [0, 0.1) is 15.9 Å². The number of anilines is 1. The van der Waals surface area contributed by atoms with Crippen LogP contribution in [0.4, 0.5) is 15.8 Å². The molecule has 0 amide bonds. The Kier molecular flexibility index (Phi) is 3.66. The second-order valence-electron chi connectivity index (χ2n) is 5.13. The Labute approximate surface area is 127 Å². The molecule has 0 N–H and O–H groups in total. The first-order valence-electron chi connectivity index (χ1n) is 6.94. The molecule has 1 aliphatic rings. The molecule has 3 rings (SSSR count). The quantitative estimate of drug-likeness (QED) is 0.645. The maximum absolute atomic E-state index is 13.8. The Morgan fingerprint density at radius 3 is 2.77 bits per heavy atom. The van der Waals surface area contributed by atoms with Crippen LogP contribution >= 0.6 is 0 Å². The zero-order valence-electron chi connectivity index (χ0n) is 12.1. The van der Waals surface area contributed by atoms with Gasteiger partial charge in [0, 0.05) is 18.7 Å². The predicted octanol–water partition coefficient (Wildman–Crippen LogP) is 3.31. The number of halogens is 1. The van der Waals surface area contributed by atoms with E-state index in [2.05, 4.69) is 0 Å². The van der Waals surface area contributed by atoms with Crippen molar-refractivity contribution in [2.24, 2.45) is 0 Å². The molecule has 2 aromatic rings. The van der Waals surface area contributed by atoms with E-state index in [1.807, 2.05) is 23.1 Å². The number of nitro groups is 1. The van der Waals surface area contributed by atoms with Crippen LogP contribution in [-0.4, -0.2) is 18.6 Å². The molecule has 2 aromatic carbocycles. The van der Waals surface area contributed by atoms with E-state index in [1.54, 1.807) is 13.2 Å². The fraction of sp³-hybridized carbons (Fsp3) is 0.250. The van der Waals surface area contributed by atoms with Crippen LogP contribution in [0.3, 0.4) is 0 Å². The molecule has 0 radical (unpaired) electrons. The zero-order chi connectivity index (χ0) is 15.7. The third-order valence-electron chi connectivity index (χ3n) is 3.93. The van der Waals surface area contributed by atoms with Crippen molar-refractivity contribution >= 4 is 11.4 Å². The first-order valence-corrected chi connectivity index (χ1v) is 6.94. The topological polar surface area (TPSA) is 55.6 Å². The summed E-state index contributed by atoms with van der Waals surface area (Å²) in [5, 5.41) is 11.2. The summed E-state index contributed by atoms with van der Waals surface area (Å²) in [7, 11) is 1.62. The maximum atomic E-state index is 13.8. The number of nitrogens with zero attached hydrogens (tertiary/aromatic N) is 2. The Balaban J connectivity index is 1.99.